The molecule has 2 aromatic rings. The lowest BCUT2D eigenvalue weighted by Gasteiger charge is -2.30. The number of likely N-dealkylation sites (tertiary alicyclic amines) is 1. The second-order valence-electron chi connectivity index (χ2n) is 5.63. The van der Waals surface area contributed by atoms with Crippen LogP contribution in [0.3, 0.4) is 0 Å². The van der Waals surface area contributed by atoms with Crippen LogP contribution in [0.5, 0.6) is 0 Å². The van der Waals surface area contributed by atoms with Crippen molar-refractivity contribution in [2.75, 3.05) is 26.8 Å². The van der Waals surface area contributed by atoms with E-state index >= 15 is 0 Å². The molecule has 1 saturated heterocycles. The first-order valence-electron chi connectivity index (χ1n) is 7.58. The van der Waals surface area contributed by atoms with E-state index in [4.69, 9.17) is 9.26 Å². The molecule has 8 nitrogen and oxygen atoms in total. The molecule has 0 radical (unpaired) electrons. The molecule has 0 aliphatic carbocycles. The molecule has 1 aliphatic rings. The van der Waals surface area contributed by atoms with Gasteiger partial charge in [0.1, 0.15) is 12.3 Å². The fourth-order valence-corrected chi connectivity index (χ4v) is 2.64. The van der Waals surface area contributed by atoms with Gasteiger partial charge in [-0.3, -0.25) is 4.79 Å². The van der Waals surface area contributed by atoms with Gasteiger partial charge in [-0.05, 0) is 31.9 Å². The quantitative estimate of drug-likeness (QED) is 0.836. The lowest BCUT2D eigenvalue weighted by Crippen LogP contribution is -2.40. The molecule has 8 heteroatoms. The Morgan fingerprint density at radius 1 is 1.43 bits per heavy atom. The Hall–Kier alpha value is -2.35. The van der Waals surface area contributed by atoms with E-state index in [2.05, 4.69) is 20.3 Å². The number of rotatable bonds is 4. The maximum atomic E-state index is 11.9. The van der Waals surface area contributed by atoms with Crippen LogP contribution in [0.1, 0.15) is 30.3 Å². The number of piperidine rings is 1. The molecule has 122 valence electrons. The molecule has 0 bridgehead atoms. The third-order valence-corrected chi connectivity index (χ3v) is 3.86. The highest BCUT2D eigenvalue weighted by Crippen LogP contribution is 2.27. The first-order chi connectivity index (χ1) is 11.2. The number of amides is 1. The van der Waals surface area contributed by atoms with Crippen LogP contribution in [0.2, 0.25) is 0 Å². The average Bonchev–Trinajstić information content (AvgIpc) is 3.06. The third-order valence-electron chi connectivity index (χ3n) is 3.86. The van der Waals surface area contributed by atoms with Crippen molar-refractivity contribution in [2.24, 2.45) is 0 Å². The second kappa shape index (κ2) is 6.82. The summed E-state index contributed by atoms with van der Waals surface area (Å²) in [5, 5.41) is 12.0. The Labute approximate surface area is 133 Å². The second-order valence-corrected chi connectivity index (χ2v) is 5.63. The normalized spacial score (nSPS) is 18.2. The summed E-state index contributed by atoms with van der Waals surface area (Å²) in [6.45, 7) is 3.28. The fraction of sp³-hybridized carbons (Fsp3) is 0.533. The summed E-state index contributed by atoms with van der Waals surface area (Å²) in [6.07, 6.45) is 1.82. The molecule has 0 unspecified atom stereocenters. The van der Waals surface area contributed by atoms with E-state index in [1.54, 1.807) is 4.90 Å². The van der Waals surface area contributed by atoms with Gasteiger partial charge in [-0.15, -0.1) is 5.10 Å². The summed E-state index contributed by atoms with van der Waals surface area (Å²) in [5.41, 5.74) is 1.41. The van der Waals surface area contributed by atoms with Gasteiger partial charge in [0.25, 0.3) is 0 Å². The highest BCUT2D eigenvalue weighted by atomic mass is 16.5. The fourth-order valence-electron chi connectivity index (χ4n) is 2.64. The molecule has 1 amide bonds. The van der Waals surface area contributed by atoms with Gasteiger partial charge in [0.15, 0.2) is 0 Å². The molecule has 23 heavy (non-hydrogen) atoms. The summed E-state index contributed by atoms with van der Waals surface area (Å²) in [5.74, 6) is 0.996. The van der Waals surface area contributed by atoms with E-state index in [1.165, 1.54) is 7.11 Å². The predicted octanol–water partition coefficient (Wildman–Crippen LogP) is 1.19. The average molecular weight is 317 g/mol. The number of carbonyl (C=O) groups excluding carboxylic acids is 1. The predicted molar refractivity (Wildman–Crippen MR) is 80.5 cm³/mol. The molecule has 0 N–H and O–H groups in total. The van der Waals surface area contributed by atoms with Crippen LogP contribution in [-0.4, -0.2) is 58.0 Å². The molecule has 1 aliphatic heterocycles. The van der Waals surface area contributed by atoms with Gasteiger partial charge in [0, 0.05) is 20.2 Å². The largest absolute Gasteiger partial charge is 0.375 e. The lowest BCUT2D eigenvalue weighted by molar-refractivity contribution is -0.136. The van der Waals surface area contributed by atoms with Crippen LogP contribution in [-0.2, 0) is 9.53 Å². The van der Waals surface area contributed by atoms with Gasteiger partial charge in [-0.25, -0.2) is 0 Å². The molecule has 1 fully saturated rings. The van der Waals surface area contributed by atoms with E-state index in [0.717, 1.165) is 25.1 Å². The minimum atomic E-state index is -0.0126. The van der Waals surface area contributed by atoms with E-state index in [-0.39, 0.29) is 18.4 Å². The first-order valence-corrected chi connectivity index (χ1v) is 7.58. The Bertz CT molecular complexity index is 670. The van der Waals surface area contributed by atoms with Crippen LogP contribution in [0.25, 0.3) is 11.5 Å². The summed E-state index contributed by atoms with van der Waals surface area (Å²) >= 11 is 0. The minimum absolute atomic E-state index is 0.0126. The first kappa shape index (κ1) is 15.5. The number of methoxy groups -OCH3 is 1. The molecule has 0 spiro atoms. The molecule has 0 saturated carbocycles. The molecule has 3 heterocycles. The minimum Gasteiger partial charge on any atom is -0.375 e. The van der Waals surface area contributed by atoms with Gasteiger partial charge >= 0.3 is 0 Å². The zero-order chi connectivity index (χ0) is 16.2. The highest BCUT2D eigenvalue weighted by molar-refractivity contribution is 5.77. The zero-order valence-corrected chi connectivity index (χ0v) is 13.2. The summed E-state index contributed by atoms with van der Waals surface area (Å²) in [7, 11) is 1.52. The number of aromatic nitrogens is 4. The van der Waals surface area contributed by atoms with E-state index in [0.29, 0.717) is 24.0 Å². The summed E-state index contributed by atoms with van der Waals surface area (Å²) in [4.78, 5) is 18.2. The molecular formula is C15H19N5O3. The maximum Gasteiger partial charge on any atom is 0.248 e. The molecule has 0 aromatic carbocycles. The smallest absolute Gasteiger partial charge is 0.248 e. The lowest BCUT2D eigenvalue weighted by atomic mass is 9.98. The molecular weight excluding hydrogens is 298 g/mol. The zero-order valence-electron chi connectivity index (χ0n) is 13.2. The van der Waals surface area contributed by atoms with Crippen LogP contribution in [0.15, 0.2) is 16.7 Å². The van der Waals surface area contributed by atoms with E-state index in [1.807, 2.05) is 19.1 Å². The number of nitrogens with zero attached hydrogens (tertiary/aromatic N) is 5. The van der Waals surface area contributed by atoms with Crippen molar-refractivity contribution in [3.8, 4) is 11.5 Å². The molecule has 2 aromatic heterocycles. The van der Waals surface area contributed by atoms with Crippen LogP contribution < -0.4 is 0 Å². The third kappa shape index (κ3) is 3.53. The van der Waals surface area contributed by atoms with Gasteiger partial charge in [0.05, 0.1) is 11.6 Å². The standard InChI is InChI=1S/C15H19N5O3/c1-10-5-6-12(18-17-10)14-16-15(23-19-14)11-4-3-7-20(8-11)13(21)9-22-2/h5-6,11H,3-4,7-9H2,1-2H3/t11-/m0/s1. The van der Waals surface area contributed by atoms with Gasteiger partial charge in [-0.2, -0.15) is 10.1 Å². The Balaban J connectivity index is 1.72. The van der Waals surface area contributed by atoms with E-state index < -0.39 is 0 Å². The van der Waals surface area contributed by atoms with Gasteiger partial charge in [0.2, 0.25) is 17.6 Å². The maximum absolute atomic E-state index is 11.9. The van der Waals surface area contributed by atoms with Crippen molar-refractivity contribution in [3.05, 3.63) is 23.7 Å². The van der Waals surface area contributed by atoms with Crippen LogP contribution in [0.4, 0.5) is 0 Å². The van der Waals surface area contributed by atoms with Crippen molar-refractivity contribution in [1.29, 1.82) is 0 Å². The number of carbonyl (C=O) groups is 1. The number of hydrogen-bond acceptors (Lipinski definition) is 7. The Morgan fingerprint density at radius 3 is 3.04 bits per heavy atom. The Kier molecular flexibility index (Phi) is 4.61. The van der Waals surface area contributed by atoms with E-state index in [9.17, 15) is 4.79 Å². The molecule has 1 atom stereocenters. The van der Waals surface area contributed by atoms with Gasteiger partial charge in [-0.1, -0.05) is 5.16 Å². The van der Waals surface area contributed by atoms with Crippen molar-refractivity contribution >= 4 is 5.91 Å². The number of aryl methyl sites for hydroxylation is 1. The molecule has 3 rings (SSSR count). The highest BCUT2D eigenvalue weighted by Gasteiger charge is 2.28. The summed E-state index contributed by atoms with van der Waals surface area (Å²) in [6, 6.07) is 3.66. The number of hydrogen-bond donors (Lipinski definition) is 0. The number of ether oxygens (including phenoxy) is 1. The SMILES string of the molecule is COCC(=O)N1CCC[C@H](c2nc(-c3ccc(C)nn3)no2)C1. The van der Waals surface area contributed by atoms with Crippen LogP contribution >= 0.6 is 0 Å². The van der Waals surface area contributed by atoms with Gasteiger partial charge < -0.3 is 14.2 Å². The monoisotopic (exact) mass is 317 g/mol. The van der Waals surface area contributed by atoms with Crippen molar-refractivity contribution in [3.63, 3.8) is 0 Å². The van der Waals surface area contributed by atoms with Crippen molar-refractivity contribution in [2.45, 2.75) is 25.7 Å². The summed E-state index contributed by atoms with van der Waals surface area (Å²) < 4.78 is 10.3. The van der Waals surface area contributed by atoms with Crippen molar-refractivity contribution < 1.29 is 14.1 Å². The van der Waals surface area contributed by atoms with Crippen LogP contribution in [0, 0.1) is 6.92 Å². The Morgan fingerprint density at radius 2 is 2.30 bits per heavy atom. The topological polar surface area (TPSA) is 94.2 Å². The van der Waals surface area contributed by atoms with Crippen molar-refractivity contribution in [1.82, 2.24) is 25.2 Å².